The van der Waals surface area contributed by atoms with E-state index >= 15 is 0 Å². The fraction of sp³-hybridized carbons (Fsp3) is 0.190. The maximum atomic E-state index is 14.7. The van der Waals surface area contributed by atoms with Crippen LogP contribution in [0, 0.1) is 5.82 Å². The van der Waals surface area contributed by atoms with E-state index in [0.29, 0.717) is 22.7 Å². The van der Waals surface area contributed by atoms with E-state index in [0.717, 1.165) is 12.1 Å². The first-order valence-electron chi connectivity index (χ1n) is 9.37. The van der Waals surface area contributed by atoms with Gasteiger partial charge in [0.15, 0.2) is 5.15 Å². The molecular formula is C21H15ClF4N4O2. The molecule has 2 heterocycles. The van der Waals surface area contributed by atoms with Crippen LogP contribution in [0.5, 0.6) is 0 Å². The minimum absolute atomic E-state index is 0.0432. The molecule has 3 N–H and O–H groups in total. The van der Waals surface area contributed by atoms with E-state index in [9.17, 15) is 27.2 Å². The highest BCUT2D eigenvalue weighted by Crippen LogP contribution is 2.37. The normalized spacial score (nSPS) is 16.9. The predicted octanol–water partition coefficient (Wildman–Crippen LogP) is 4.89. The molecule has 1 aliphatic rings. The van der Waals surface area contributed by atoms with Gasteiger partial charge in [0.1, 0.15) is 5.82 Å². The maximum Gasteiger partial charge on any atom is 0.416 e. The topological polar surface area (TPSA) is 86.9 Å². The van der Waals surface area contributed by atoms with Crippen molar-refractivity contribution >= 4 is 40.0 Å². The number of hydrogen-bond donors (Lipinski definition) is 3. The number of alkyl halides is 3. The van der Waals surface area contributed by atoms with E-state index in [4.69, 9.17) is 11.6 Å². The van der Waals surface area contributed by atoms with Crippen LogP contribution in [0.4, 0.5) is 23.2 Å². The van der Waals surface area contributed by atoms with Crippen molar-refractivity contribution in [1.29, 1.82) is 0 Å². The lowest BCUT2D eigenvalue weighted by Gasteiger charge is -2.27. The second kappa shape index (κ2) is 7.94. The average Bonchev–Trinajstić information content (AvgIpc) is 3.07. The first-order chi connectivity index (χ1) is 15.0. The number of anilines is 1. The van der Waals surface area contributed by atoms with Crippen molar-refractivity contribution in [1.82, 2.24) is 15.5 Å². The molecule has 0 fully saturated rings. The van der Waals surface area contributed by atoms with Gasteiger partial charge < -0.3 is 10.6 Å². The number of nitrogens with one attached hydrogen (secondary N) is 3. The summed E-state index contributed by atoms with van der Waals surface area (Å²) in [6, 6.07) is 6.88. The predicted molar refractivity (Wildman–Crippen MR) is 109 cm³/mol. The van der Waals surface area contributed by atoms with Gasteiger partial charge >= 0.3 is 6.18 Å². The van der Waals surface area contributed by atoms with Gasteiger partial charge in [-0.15, -0.1) is 0 Å². The zero-order valence-corrected chi connectivity index (χ0v) is 17.2. The van der Waals surface area contributed by atoms with Crippen LogP contribution in [0.1, 0.15) is 30.4 Å². The first-order valence-corrected chi connectivity index (χ1v) is 9.74. The Bertz CT molecular complexity index is 1280. The van der Waals surface area contributed by atoms with Crippen molar-refractivity contribution in [2.75, 3.05) is 5.32 Å². The number of H-pyrrole nitrogens is 1. The molecule has 6 nitrogen and oxygen atoms in total. The van der Waals surface area contributed by atoms with Crippen LogP contribution in [0.3, 0.4) is 0 Å². The summed E-state index contributed by atoms with van der Waals surface area (Å²) < 4.78 is 53.4. The lowest BCUT2D eigenvalue weighted by atomic mass is 9.83. The van der Waals surface area contributed by atoms with Crippen LogP contribution < -0.4 is 10.6 Å². The molecule has 0 spiro atoms. The quantitative estimate of drug-likeness (QED) is 0.480. The highest BCUT2D eigenvalue weighted by molar-refractivity contribution is 6.34. The number of nitrogens with zero attached hydrogens (tertiary/aromatic N) is 1. The van der Waals surface area contributed by atoms with Crippen LogP contribution in [-0.2, 0) is 15.8 Å². The van der Waals surface area contributed by atoms with E-state index in [-0.39, 0.29) is 28.4 Å². The Kier molecular flexibility index (Phi) is 5.41. The van der Waals surface area contributed by atoms with Crippen LogP contribution in [0.25, 0.3) is 10.9 Å². The molecule has 3 aromatic rings. The highest BCUT2D eigenvalue weighted by atomic mass is 35.5. The number of rotatable bonds is 3. The second-order valence-electron chi connectivity index (χ2n) is 7.31. The number of carbonyl (C=O) groups excluding carboxylic acids is 2. The molecule has 32 heavy (non-hydrogen) atoms. The largest absolute Gasteiger partial charge is 0.416 e. The van der Waals surface area contributed by atoms with Crippen molar-refractivity contribution in [3.63, 3.8) is 0 Å². The Morgan fingerprint density at radius 3 is 2.66 bits per heavy atom. The van der Waals surface area contributed by atoms with Crippen LogP contribution in [-0.4, -0.2) is 22.0 Å². The van der Waals surface area contributed by atoms with E-state index in [1.807, 2.05) is 0 Å². The summed E-state index contributed by atoms with van der Waals surface area (Å²) >= 11 is 6.00. The summed E-state index contributed by atoms with van der Waals surface area (Å²) in [5, 5.41) is 12.6. The smallest absolute Gasteiger partial charge is 0.330 e. The number of amides is 2. The minimum Gasteiger partial charge on any atom is -0.330 e. The van der Waals surface area contributed by atoms with Gasteiger partial charge in [-0.3, -0.25) is 14.7 Å². The van der Waals surface area contributed by atoms with Crippen molar-refractivity contribution in [3.8, 4) is 0 Å². The van der Waals surface area contributed by atoms with Crippen LogP contribution >= 0.6 is 11.6 Å². The van der Waals surface area contributed by atoms with Gasteiger partial charge in [0, 0.05) is 34.7 Å². The fourth-order valence-electron chi connectivity index (χ4n) is 3.71. The first kappa shape index (κ1) is 21.8. The third kappa shape index (κ3) is 4.05. The van der Waals surface area contributed by atoms with E-state index in [1.165, 1.54) is 6.92 Å². The number of benzene rings is 2. The zero-order chi connectivity index (χ0) is 23.2. The van der Waals surface area contributed by atoms with Crippen molar-refractivity contribution in [3.05, 3.63) is 69.8 Å². The van der Waals surface area contributed by atoms with Crippen LogP contribution in [0.15, 0.2) is 47.7 Å². The Balaban J connectivity index is 1.69. The standard InChI is InChI=1S/C21H15ClF4N4O2/c1-9-18(20(32)28-11-3-5-16-14(7-11)19(22)30-29-16)13(8-17(31)27-9)12-4-2-10(6-15(12)23)21(24,25)26/h2-7,13H,8H2,1H3,(H,27,31)(H,28,32)(H,29,30). The Morgan fingerprint density at radius 2 is 1.97 bits per heavy atom. The molecule has 11 heteroatoms. The number of halogens is 5. The fourth-order valence-corrected chi connectivity index (χ4v) is 3.91. The summed E-state index contributed by atoms with van der Waals surface area (Å²) in [6.07, 6.45) is -5.02. The lowest BCUT2D eigenvalue weighted by molar-refractivity contribution is -0.137. The molecule has 0 saturated carbocycles. The molecule has 0 saturated heterocycles. The molecule has 2 amide bonds. The Morgan fingerprint density at radius 1 is 1.22 bits per heavy atom. The van der Waals surface area contributed by atoms with Gasteiger partial charge in [-0.05, 0) is 42.8 Å². The van der Waals surface area contributed by atoms with Gasteiger partial charge in [0.2, 0.25) is 5.91 Å². The molecule has 166 valence electrons. The van der Waals surface area contributed by atoms with Gasteiger partial charge in [0.05, 0.1) is 11.1 Å². The number of aromatic nitrogens is 2. The molecule has 0 aliphatic carbocycles. The van der Waals surface area contributed by atoms with Gasteiger partial charge in [-0.2, -0.15) is 18.3 Å². The number of fused-ring (bicyclic) bond motifs is 1. The van der Waals surface area contributed by atoms with E-state index in [1.54, 1.807) is 18.2 Å². The third-order valence-corrected chi connectivity index (χ3v) is 5.48. The molecule has 2 aromatic carbocycles. The second-order valence-corrected chi connectivity index (χ2v) is 7.66. The summed E-state index contributed by atoms with van der Waals surface area (Å²) in [6.45, 7) is 1.47. The summed E-state index contributed by atoms with van der Waals surface area (Å²) in [5.74, 6) is -3.32. The van der Waals surface area contributed by atoms with Crippen molar-refractivity contribution in [2.24, 2.45) is 0 Å². The molecule has 4 rings (SSSR count). The molecule has 0 bridgehead atoms. The molecular weight excluding hydrogens is 452 g/mol. The molecule has 1 atom stereocenters. The molecule has 1 aromatic heterocycles. The monoisotopic (exact) mass is 466 g/mol. The Labute approximate surface area is 183 Å². The van der Waals surface area contributed by atoms with Crippen molar-refractivity contribution in [2.45, 2.75) is 25.4 Å². The Hall–Kier alpha value is -3.40. The third-order valence-electron chi connectivity index (χ3n) is 5.19. The molecule has 1 unspecified atom stereocenters. The number of carbonyl (C=O) groups is 2. The van der Waals surface area contributed by atoms with Gasteiger partial charge in [-0.25, -0.2) is 4.39 Å². The highest BCUT2D eigenvalue weighted by Gasteiger charge is 2.36. The molecule has 1 aliphatic heterocycles. The minimum atomic E-state index is -4.72. The molecule has 0 radical (unpaired) electrons. The number of allylic oxidation sites excluding steroid dienone is 1. The number of aromatic amines is 1. The van der Waals surface area contributed by atoms with E-state index < -0.39 is 35.3 Å². The van der Waals surface area contributed by atoms with Gasteiger partial charge in [0.25, 0.3) is 5.91 Å². The average molecular weight is 467 g/mol. The number of hydrogen-bond acceptors (Lipinski definition) is 3. The van der Waals surface area contributed by atoms with Gasteiger partial charge in [-0.1, -0.05) is 17.7 Å². The van der Waals surface area contributed by atoms with Crippen molar-refractivity contribution < 1.29 is 27.2 Å². The summed E-state index contributed by atoms with van der Waals surface area (Å²) in [4.78, 5) is 25.2. The lowest BCUT2D eigenvalue weighted by Crippen LogP contribution is -2.35. The van der Waals surface area contributed by atoms with Crippen LogP contribution in [0.2, 0.25) is 5.15 Å². The zero-order valence-electron chi connectivity index (χ0n) is 16.4. The SMILES string of the molecule is CC1=C(C(=O)Nc2ccc3[nH]nc(Cl)c3c2)C(c2ccc(C(F)(F)F)cc2F)CC(=O)N1. The van der Waals surface area contributed by atoms with E-state index in [2.05, 4.69) is 20.8 Å². The summed E-state index contributed by atoms with van der Waals surface area (Å²) in [5.41, 5.74) is -0.0820. The maximum absolute atomic E-state index is 14.7. The summed E-state index contributed by atoms with van der Waals surface area (Å²) in [7, 11) is 0.